The van der Waals surface area contributed by atoms with Gasteiger partial charge < -0.3 is 4.90 Å². The molecule has 0 spiro atoms. The van der Waals surface area contributed by atoms with Crippen LogP contribution < -0.4 is 4.90 Å². The van der Waals surface area contributed by atoms with Gasteiger partial charge in [-0.2, -0.15) is 0 Å². The molecule has 0 aliphatic carbocycles. The Morgan fingerprint density at radius 2 is 1.90 bits per heavy atom. The molecule has 1 nitrogen and oxygen atoms in total. The van der Waals surface area contributed by atoms with E-state index in [9.17, 15) is 0 Å². The van der Waals surface area contributed by atoms with Gasteiger partial charge in [0, 0.05) is 18.8 Å². The van der Waals surface area contributed by atoms with Crippen molar-refractivity contribution < 1.29 is 0 Å². The standard InChI is InChI=1S/C17H17Cl2N/c1-12-2-5-17-14(10-12)7-9-20(17)8-6-13-3-4-15(18)16(19)11-13/h2-5,10-11H,6-9H2,1H3. The summed E-state index contributed by atoms with van der Waals surface area (Å²) in [5.41, 5.74) is 5.44. The monoisotopic (exact) mass is 305 g/mol. The first-order chi connectivity index (χ1) is 9.63. The lowest BCUT2D eigenvalue weighted by Crippen LogP contribution is -2.23. The van der Waals surface area contributed by atoms with Crippen LogP contribution >= 0.6 is 23.2 Å². The number of aryl methyl sites for hydroxylation is 1. The van der Waals surface area contributed by atoms with Crippen LogP contribution in [0.2, 0.25) is 10.0 Å². The van der Waals surface area contributed by atoms with Crippen LogP contribution in [0.5, 0.6) is 0 Å². The van der Waals surface area contributed by atoms with E-state index in [0.717, 1.165) is 25.9 Å². The highest BCUT2D eigenvalue weighted by molar-refractivity contribution is 6.42. The number of benzene rings is 2. The van der Waals surface area contributed by atoms with E-state index in [-0.39, 0.29) is 0 Å². The minimum Gasteiger partial charge on any atom is -0.371 e. The molecule has 2 aromatic carbocycles. The summed E-state index contributed by atoms with van der Waals surface area (Å²) in [6, 6.07) is 12.6. The molecule has 1 heterocycles. The van der Waals surface area contributed by atoms with E-state index in [2.05, 4.69) is 36.1 Å². The SMILES string of the molecule is Cc1ccc2c(c1)CCN2CCc1ccc(Cl)c(Cl)c1. The van der Waals surface area contributed by atoms with Crippen LogP contribution in [-0.2, 0) is 12.8 Å². The van der Waals surface area contributed by atoms with Crippen molar-refractivity contribution in [2.75, 3.05) is 18.0 Å². The van der Waals surface area contributed by atoms with Crippen LogP contribution in [0.15, 0.2) is 36.4 Å². The van der Waals surface area contributed by atoms with Crippen LogP contribution in [0, 0.1) is 6.92 Å². The van der Waals surface area contributed by atoms with Gasteiger partial charge in [0.05, 0.1) is 10.0 Å². The summed E-state index contributed by atoms with van der Waals surface area (Å²) < 4.78 is 0. The quantitative estimate of drug-likeness (QED) is 0.779. The highest BCUT2D eigenvalue weighted by Gasteiger charge is 2.18. The van der Waals surface area contributed by atoms with Crippen molar-refractivity contribution in [2.45, 2.75) is 19.8 Å². The molecule has 0 bridgehead atoms. The van der Waals surface area contributed by atoms with Gasteiger partial charge in [0.15, 0.2) is 0 Å². The molecular formula is C17H17Cl2N. The number of anilines is 1. The summed E-state index contributed by atoms with van der Waals surface area (Å²) in [5.74, 6) is 0. The Hall–Kier alpha value is -1.18. The normalized spacial score (nSPS) is 13.7. The maximum absolute atomic E-state index is 6.06. The largest absolute Gasteiger partial charge is 0.371 e. The summed E-state index contributed by atoms with van der Waals surface area (Å²) in [4.78, 5) is 2.46. The average Bonchev–Trinajstić information content (AvgIpc) is 2.82. The van der Waals surface area contributed by atoms with E-state index in [4.69, 9.17) is 23.2 Å². The molecule has 0 unspecified atom stereocenters. The number of hydrogen-bond donors (Lipinski definition) is 0. The molecule has 0 fully saturated rings. The lowest BCUT2D eigenvalue weighted by atomic mass is 10.1. The molecule has 3 heteroatoms. The second-order valence-corrected chi connectivity index (χ2v) is 6.18. The van der Waals surface area contributed by atoms with E-state index in [0.29, 0.717) is 10.0 Å². The summed E-state index contributed by atoms with van der Waals surface area (Å²) in [6.07, 6.45) is 2.14. The van der Waals surface area contributed by atoms with Crippen molar-refractivity contribution in [2.24, 2.45) is 0 Å². The molecule has 1 aliphatic rings. The predicted octanol–water partition coefficient (Wildman–Crippen LogP) is 4.91. The van der Waals surface area contributed by atoms with Crippen molar-refractivity contribution in [1.29, 1.82) is 0 Å². The van der Waals surface area contributed by atoms with Gasteiger partial charge in [0.25, 0.3) is 0 Å². The summed E-state index contributed by atoms with van der Waals surface area (Å²) in [7, 11) is 0. The van der Waals surface area contributed by atoms with Gasteiger partial charge in [-0.25, -0.2) is 0 Å². The fraction of sp³-hybridized carbons (Fsp3) is 0.294. The molecule has 0 N–H and O–H groups in total. The molecule has 0 radical (unpaired) electrons. The molecular weight excluding hydrogens is 289 g/mol. The molecule has 104 valence electrons. The van der Waals surface area contributed by atoms with Gasteiger partial charge in [-0.15, -0.1) is 0 Å². The fourth-order valence-electron chi connectivity index (χ4n) is 2.79. The van der Waals surface area contributed by atoms with Gasteiger partial charge in [-0.1, -0.05) is 47.0 Å². The molecule has 0 saturated heterocycles. The Morgan fingerprint density at radius 3 is 2.70 bits per heavy atom. The first-order valence-electron chi connectivity index (χ1n) is 6.92. The Kier molecular flexibility index (Phi) is 3.91. The molecule has 0 atom stereocenters. The van der Waals surface area contributed by atoms with Gasteiger partial charge in [0.2, 0.25) is 0 Å². The second-order valence-electron chi connectivity index (χ2n) is 5.37. The number of halogens is 2. The Morgan fingerprint density at radius 1 is 1.05 bits per heavy atom. The maximum Gasteiger partial charge on any atom is 0.0595 e. The Labute approximate surface area is 130 Å². The zero-order valence-electron chi connectivity index (χ0n) is 11.5. The Balaban J connectivity index is 1.70. The average molecular weight is 306 g/mol. The number of nitrogens with zero attached hydrogens (tertiary/aromatic N) is 1. The molecule has 3 rings (SSSR count). The highest BCUT2D eigenvalue weighted by Crippen LogP contribution is 2.29. The van der Waals surface area contributed by atoms with Gasteiger partial charge in [-0.3, -0.25) is 0 Å². The third-order valence-electron chi connectivity index (χ3n) is 3.88. The van der Waals surface area contributed by atoms with Crippen LogP contribution in [0.4, 0.5) is 5.69 Å². The van der Waals surface area contributed by atoms with E-state index < -0.39 is 0 Å². The van der Waals surface area contributed by atoms with E-state index >= 15 is 0 Å². The van der Waals surface area contributed by atoms with E-state index in [1.807, 2.05) is 12.1 Å². The first-order valence-corrected chi connectivity index (χ1v) is 7.67. The summed E-state index contributed by atoms with van der Waals surface area (Å²) in [6.45, 7) is 4.28. The van der Waals surface area contributed by atoms with E-state index in [1.54, 1.807) is 0 Å². The minimum absolute atomic E-state index is 0.623. The number of rotatable bonds is 3. The van der Waals surface area contributed by atoms with Crippen molar-refractivity contribution in [3.63, 3.8) is 0 Å². The molecule has 0 saturated carbocycles. The highest BCUT2D eigenvalue weighted by atomic mass is 35.5. The fourth-order valence-corrected chi connectivity index (χ4v) is 3.11. The zero-order chi connectivity index (χ0) is 14.1. The molecule has 1 aliphatic heterocycles. The Bertz CT molecular complexity index is 637. The predicted molar refractivity (Wildman–Crippen MR) is 87.3 cm³/mol. The van der Waals surface area contributed by atoms with Crippen LogP contribution in [0.25, 0.3) is 0 Å². The lowest BCUT2D eigenvalue weighted by Gasteiger charge is -2.19. The van der Waals surface area contributed by atoms with Gasteiger partial charge in [0.1, 0.15) is 0 Å². The first kappa shape index (κ1) is 13.8. The van der Waals surface area contributed by atoms with Crippen LogP contribution in [0.3, 0.4) is 0 Å². The molecule has 0 aromatic heterocycles. The lowest BCUT2D eigenvalue weighted by molar-refractivity contribution is 0.813. The van der Waals surface area contributed by atoms with Gasteiger partial charge in [-0.05, 0) is 49.1 Å². The van der Waals surface area contributed by atoms with E-state index in [1.165, 1.54) is 22.4 Å². The second kappa shape index (κ2) is 5.67. The minimum atomic E-state index is 0.623. The van der Waals surface area contributed by atoms with Crippen LogP contribution in [0.1, 0.15) is 16.7 Å². The van der Waals surface area contributed by atoms with Crippen molar-refractivity contribution in [3.8, 4) is 0 Å². The number of fused-ring (bicyclic) bond motifs is 1. The summed E-state index contributed by atoms with van der Waals surface area (Å²) >= 11 is 12.0. The smallest absolute Gasteiger partial charge is 0.0595 e. The third kappa shape index (κ3) is 2.79. The molecule has 0 amide bonds. The maximum atomic E-state index is 6.06. The zero-order valence-corrected chi connectivity index (χ0v) is 13.0. The third-order valence-corrected chi connectivity index (χ3v) is 4.62. The van der Waals surface area contributed by atoms with Crippen LogP contribution in [-0.4, -0.2) is 13.1 Å². The van der Waals surface area contributed by atoms with Crippen molar-refractivity contribution >= 4 is 28.9 Å². The van der Waals surface area contributed by atoms with Crippen molar-refractivity contribution in [3.05, 3.63) is 63.1 Å². The molecule has 20 heavy (non-hydrogen) atoms. The molecule has 2 aromatic rings. The number of hydrogen-bond acceptors (Lipinski definition) is 1. The topological polar surface area (TPSA) is 3.24 Å². The van der Waals surface area contributed by atoms with Crippen molar-refractivity contribution in [1.82, 2.24) is 0 Å². The van der Waals surface area contributed by atoms with Gasteiger partial charge >= 0.3 is 0 Å². The summed E-state index contributed by atoms with van der Waals surface area (Å²) in [5, 5.41) is 1.26.